The molecule has 70 heavy (non-hydrogen) atoms. The Hall–Kier alpha value is -5.98. The summed E-state index contributed by atoms with van der Waals surface area (Å²) in [5.74, 6) is -0.283. The average Bonchev–Trinajstić information content (AvgIpc) is 3.97. The van der Waals surface area contributed by atoms with Gasteiger partial charge in [0.05, 0.1) is 39.0 Å². The summed E-state index contributed by atoms with van der Waals surface area (Å²) in [4.78, 5) is 37.7. The molecule has 1 amide bonds. The van der Waals surface area contributed by atoms with Crippen molar-refractivity contribution in [3.05, 3.63) is 99.5 Å². The van der Waals surface area contributed by atoms with Crippen molar-refractivity contribution in [1.82, 2.24) is 19.6 Å². The fourth-order valence-corrected chi connectivity index (χ4v) is 13.0. The summed E-state index contributed by atoms with van der Waals surface area (Å²) in [6.07, 6.45) is 12.0. The number of nitrogens with one attached hydrogen (secondary N) is 3. The number of ether oxygens (including phenoxy) is 3. The third-order valence-corrected chi connectivity index (χ3v) is 17.4. The molecule has 3 atom stereocenters. The van der Waals surface area contributed by atoms with E-state index in [1.54, 1.807) is 37.1 Å². The molecule has 16 nitrogen and oxygen atoms in total. The number of aromatic nitrogens is 2. The fourth-order valence-electron chi connectivity index (χ4n) is 12.0. The van der Waals surface area contributed by atoms with Gasteiger partial charge in [0.15, 0.2) is 17.2 Å². The van der Waals surface area contributed by atoms with Gasteiger partial charge in [-0.25, -0.2) is 17.5 Å². The van der Waals surface area contributed by atoms with E-state index in [4.69, 9.17) is 14.2 Å². The van der Waals surface area contributed by atoms with E-state index in [2.05, 4.69) is 54.1 Å². The van der Waals surface area contributed by atoms with Gasteiger partial charge in [-0.2, -0.15) is 4.98 Å². The second kappa shape index (κ2) is 18.0. The molecule has 5 heterocycles. The van der Waals surface area contributed by atoms with Crippen LogP contribution < -0.4 is 29.1 Å². The first-order valence-corrected chi connectivity index (χ1v) is 26.4. The zero-order chi connectivity index (χ0) is 48.5. The second-order valence-electron chi connectivity index (χ2n) is 20.8. The maximum Gasteiger partial charge on any atom is 0.297 e. The Balaban J connectivity index is 0.833. The molecular formula is C52H60FN7O9S. The van der Waals surface area contributed by atoms with Crippen LogP contribution in [0.5, 0.6) is 23.1 Å². The number of aromatic amines is 1. The van der Waals surface area contributed by atoms with Crippen molar-refractivity contribution in [3.8, 4) is 23.1 Å². The standard InChI is InChI=1S/C52H60FN7O9S/c1-3-67-50-46(26-39-40(53)27-54-48(39)56-50)69-44-23-33(58-21-19-52(20-22-58)29-59(30-52)42-10-6-9-37(42)36-8-5-4-7-35(36)31-11-12-31)13-14-38(44)49(61)57-70(65,66)34-24-43(60(63)64)47-45(25-34)68-28-41(55-47)32-15-17-51(2,62)18-16-32/h4-5,7-8,13-14,23-27,31-32,37,41-42,55,62H,3,6,9-12,15-22,28-30H2,1-2H3,(H,54,56)(H,57,61)/t32?,37-,41-,42-,51?/m1/s1. The molecule has 5 fully saturated rings. The van der Waals surface area contributed by atoms with Crippen LogP contribution in [0.25, 0.3) is 11.0 Å². The summed E-state index contributed by atoms with van der Waals surface area (Å²) < 4.78 is 63.4. The second-order valence-corrected chi connectivity index (χ2v) is 22.5. The van der Waals surface area contributed by atoms with E-state index in [1.165, 1.54) is 56.5 Å². The number of nitro groups is 1. The largest absolute Gasteiger partial charge is 0.489 e. The highest BCUT2D eigenvalue weighted by atomic mass is 32.2. The number of H-pyrrole nitrogens is 1. The average molecular weight is 978 g/mol. The predicted octanol–water partition coefficient (Wildman–Crippen LogP) is 9.15. The number of amides is 1. The summed E-state index contributed by atoms with van der Waals surface area (Å²) in [5, 5.41) is 26.3. The number of benzene rings is 3. The lowest BCUT2D eigenvalue weighted by Gasteiger charge is -2.57. The maximum atomic E-state index is 14.9. The molecule has 370 valence electrons. The third-order valence-electron chi connectivity index (χ3n) is 16.1. The van der Waals surface area contributed by atoms with E-state index in [0.717, 1.165) is 56.7 Å². The van der Waals surface area contributed by atoms with Crippen molar-refractivity contribution in [3.63, 3.8) is 0 Å². The molecule has 18 heteroatoms. The molecule has 11 rings (SSSR count). The number of fused-ring (bicyclic) bond motifs is 2. The molecule has 6 aliphatic rings. The van der Waals surface area contributed by atoms with Gasteiger partial charge in [0.2, 0.25) is 0 Å². The molecule has 5 aromatic rings. The minimum atomic E-state index is -4.75. The number of aliphatic hydroxyl groups is 1. The van der Waals surface area contributed by atoms with Crippen molar-refractivity contribution in [2.75, 3.05) is 49.6 Å². The predicted molar refractivity (Wildman–Crippen MR) is 261 cm³/mol. The van der Waals surface area contributed by atoms with Gasteiger partial charge in [-0.05, 0) is 124 Å². The van der Waals surface area contributed by atoms with Gasteiger partial charge in [-0.1, -0.05) is 30.7 Å². The van der Waals surface area contributed by atoms with Crippen LogP contribution in [0.2, 0.25) is 0 Å². The number of carbonyl (C=O) groups excluding carboxylic acids is 1. The Morgan fingerprint density at radius 2 is 1.76 bits per heavy atom. The summed E-state index contributed by atoms with van der Waals surface area (Å²) in [5.41, 5.74) is 2.92. The van der Waals surface area contributed by atoms with Gasteiger partial charge < -0.3 is 34.5 Å². The minimum absolute atomic E-state index is 0.00547. The van der Waals surface area contributed by atoms with Crippen LogP contribution >= 0.6 is 0 Å². The van der Waals surface area contributed by atoms with Crippen LogP contribution in [0.1, 0.15) is 118 Å². The van der Waals surface area contributed by atoms with Gasteiger partial charge in [0.1, 0.15) is 23.8 Å². The molecule has 0 unspecified atom stereocenters. The molecule has 2 saturated heterocycles. The van der Waals surface area contributed by atoms with Crippen LogP contribution in [-0.4, -0.2) is 96.3 Å². The topological polar surface area (TPSA) is 201 Å². The highest BCUT2D eigenvalue weighted by Crippen LogP contribution is 2.51. The third kappa shape index (κ3) is 8.91. The maximum absolute atomic E-state index is 14.9. The summed E-state index contributed by atoms with van der Waals surface area (Å²) in [7, 11) is -4.75. The number of rotatable bonds is 13. The van der Waals surface area contributed by atoms with Crippen LogP contribution in [0.15, 0.2) is 71.8 Å². The SMILES string of the molecule is CCOc1nc2[nH]cc(F)c2cc1Oc1cc(N2CCC3(CC2)CN([C@@H]2CCC[C@@H]2c2ccccc2C2CC2)C3)ccc1C(=O)NS(=O)(=O)c1cc2c(c([N+](=O)[O-])c1)N[C@@H](C1CCC(C)(O)CC1)CO2. The zero-order valence-electron chi connectivity index (χ0n) is 39.5. The number of nitro benzene ring substituents is 1. The number of carbonyl (C=O) groups is 1. The molecule has 4 N–H and O–H groups in total. The van der Waals surface area contributed by atoms with E-state index < -0.39 is 42.9 Å². The fraction of sp³-hybridized carbons (Fsp3) is 0.500. The molecule has 3 aromatic carbocycles. The number of hydrogen-bond acceptors (Lipinski definition) is 13. The Morgan fingerprint density at radius 3 is 2.49 bits per heavy atom. The van der Waals surface area contributed by atoms with Crippen molar-refractivity contribution in [2.45, 2.75) is 119 Å². The first-order valence-electron chi connectivity index (χ1n) is 24.9. The Kier molecular flexibility index (Phi) is 11.9. The minimum Gasteiger partial charge on any atom is -0.489 e. The molecule has 3 aliphatic carbocycles. The van der Waals surface area contributed by atoms with Crippen LogP contribution in [0, 0.1) is 27.3 Å². The number of piperidine rings is 1. The van der Waals surface area contributed by atoms with Gasteiger partial charge >= 0.3 is 0 Å². The lowest BCUT2D eigenvalue weighted by Crippen LogP contribution is -2.63. The first-order chi connectivity index (χ1) is 33.7. The van der Waals surface area contributed by atoms with Crippen molar-refractivity contribution >= 4 is 44.0 Å². The lowest BCUT2D eigenvalue weighted by molar-refractivity contribution is -0.384. The quantitative estimate of drug-likeness (QED) is 0.0643. The summed E-state index contributed by atoms with van der Waals surface area (Å²) in [6, 6.07) is 17.8. The van der Waals surface area contributed by atoms with E-state index in [1.807, 2.05) is 0 Å². The molecule has 0 bridgehead atoms. The number of sulfonamides is 1. The van der Waals surface area contributed by atoms with E-state index in [0.29, 0.717) is 37.6 Å². The van der Waals surface area contributed by atoms with E-state index in [-0.39, 0.29) is 76.0 Å². The number of likely N-dealkylation sites (tertiary alicyclic amines) is 1. The van der Waals surface area contributed by atoms with Gasteiger partial charge in [-0.3, -0.25) is 19.8 Å². The van der Waals surface area contributed by atoms with Crippen molar-refractivity contribution < 1.29 is 41.8 Å². The molecule has 3 aliphatic heterocycles. The van der Waals surface area contributed by atoms with Gasteiger partial charge in [0.25, 0.3) is 27.5 Å². The Morgan fingerprint density at radius 1 is 1.00 bits per heavy atom. The van der Waals surface area contributed by atoms with Crippen molar-refractivity contribution in [2.24, 2.45) is 11.3 Å². The first kappa shape index (κ1) is 46.4. The number of hydrogen-bond donors (Lipinski definition) is 4. The van der Waals surface area contributed by atoms with Crippen LogP contribution in [-0.2, 0) is 10.0 Å². The normalized spacial score (nSPS) is 25.4. The number of anilines is 2. The van der Waals surface area contributed by atoms with Crippen LogP contribution in [0.4, 0.5) is 21.5 Å². The number of nitrogens with zero attached hydrogens (tertiary/aromatic N) is 4. The van der Waals surface area contributed by atoms with Gasteiger partial charge in [0, 0.05) is 68.4 Å². The summed E-state index contributed by atoms with van der Waals surface area (Å²) in [6.45, 7) is 7.54. The summed E-state index contributed by atoms with van der Waals surface area (Å²) >= 11 is 0. The number of pyridine rings is 1. The van der Waals surface area contributed by atoms with Gasteiger partial charge in [-0.15, -0.1) is 0 Å². The highest BCUT2D eigenvalue weighted by molar-refractivity contribution is 7.90. The molecule has 2 aromatic heterocycles. The molecule has 0 radical (unpaired) electrons. The zero-order valence-corrected chi connectivity index (χ0v) is 40.4. The van der Waals surface area contributed by atoms with Crippen molar-refractivity contribution in [1.29, 1.82) is 0 Å². The molecular weight excluding hydrogens is 918 g/mol. The molecule has 1 spiro atoms. The Bertz CT molecular complexity index is 2950. The van der Waals surface area contributed by atoms with E-state index in [9.17, 15) is 32.8 Å². The molecule has 3 saturated carbocycles. The monoisotopic (exact) mass is 977 g/mol. The smallest absolute Gasteiger partial charge is 0.297 e. The highest BCUT2D eigenvalue weighted by Gasteiger charge is 2.50. The Labute approximate surface area is 406 Å². The number of halogens is 1. The lowest BCUT2D eigenvalue weighted by atomic mass is 9.70. The van der Waals surface area contributed by atoms with E-state index >= 15 is 0 Å². The van der Waals surface area contributed by atoms with Crippen LogP contribution in [0.3, 0.4) is 0 Å².